The smallest absolute Gasteiger partial charge is 0.469 e. The van der Waals surface area contributed by atoms with E-state index in [1.54, 1.807) is 0 Å². The first-order valence-corrected chi connectivity index (χ1v) is 11.1. The Hall–Kier alpha value is -1.69. The molecule has 0 radical (unpaired) electrons. The summed E-state index contributed by atoms with van der Waals surface area (Å²) in [6.07, 6.45) is 4.15. The van der Waals surface area contributed by atoms with Crippen LogP contribution in [0.25, 0.3) is 0 Å². The predicted octanol–water partition coefficient (Wildman–Crippen LogP) is 3.77. The molecule has 28 heavy (non-hydrogen) atoms. The SMILES string of the molecule is N[C@@]1(COP(=O)(O)O)CC[C@H](c2ccc(CCCOc3ccccc3)cc2)C1. The molecule has 0 bridgehead atoms. The monoisotopic (exact) mass is 405 g/mol. The zero-order valence-corrected chi connectivity index (χ0v) is 16.8. The molecule has 0 aliphatic heterocycles. The number of phosphoric ester groups is 1. The molecule has 6 nitrogen and oxygen atoms in total. The Morgan fingerprint density at radius 3 is 2.50 bits per heavy atom. The van der Waals surface area contributed by atoms with E-state index in [1.165, 1.54) is 11.1 Å². The molecule has 4 N–H and O–H groups in total. The molecule has 2 aromatic rings. The van der Waals surface area contributed by atoms with E-state index < -0.39 is 13.4 Å². The summed E-state index contributed by atoms with van der Waals surface area (Å²) in [6.45, 7) is 0.566. The van der Waals surface area contributed by atoms with E-state index in [0.29, 0.717) is 25.4 Å². The van der Waals surface area contributed by atoms with Crippen molar-refractivity contribution in [3.8, 4) is 5.75 Å². The molecule has 7 heteroatoms. The van der Waals surface area contributed by atoms with Crippen molar-refractivity contribution in [3.05, 3.63) is 65.7 Å². The Morgan fingerprint density at radius 1 is 1.11 bits per heavy atom. The fourth-order valence-electron chi connectivity index (χ4n) is 3.72. The van der Waals surface area contributed by atoms with Gasteiger partial charge in [-0.25, -0.2) is 4.57 Å². The Kier molecular flexibility index (Phi) is 6.91. The van der Waals surface area contributed by atoms with E-state index in [4.69, 9.17) is 20.3 Å². The lowest BCUT2D eigenvalue weighted by molar-refractivity contribution is 0.153. The summed E-state index contributed by atoms with van der Waals surface area (Å²) in [5, 5.41) is 0. The van der Waals surface area contributed by atoms with Gasteiger partial charge in [-0.3, -0.25) is 4.52 Å². The average molecular weight is 405 g/mol. The lowest BCUT2D eigenvalue weighted by atomic mass is 9.93. The molecule has 2 atom stereocenters. The Bertz CT molecular complexity index is 792. The summed E-state index contributed by atoms with van der Waals surface area (Å²) in [5.74, 6) is 1.19. The van der Waals surface area contributed by atoms with Gasteiger partial charge in [0.25, 0.3) is 0 Å². The van der Waals surface area contributed by atoms with Crippen molar-refractivity contribution in [2.24, 2.45) is 5.73 Å². The van der Waals surface area contributed by atoms with Crippen LogP contribution in [0.3, 0.4) is 0 Å². The van der Waals surface area contributed by atoms with Gasteiger partial charge in [-0.1, -0.05) is 42.5 Å². The predicted molar refractivity (Wildman–Crippen MR) is 108 cm³/mol. The van der Waals surface area contributed by atoms with Crippen LogP contribution in [0.1, 0.15) is 42.7 Å². The standard InChI is InChI=1S/C21H28NO5P/c22-21(16-27-28(23,24)25)13-12-19(15-21)18-10-8-17(9-11-18)5-4-14-26-20-6-2-1-3-7-20/h1-3,6-11,19H,4-5,12-16,22H2,(H2,23,24,25)/t19-,21-/m0/s1. The highest BCUT2D eigenvalue weighted by Gasteiger charge is 2.38. The molecule has 1 saturated carbocycles. The van der Waals surface area contributed by atoms with Gasteiger partial charge in [-0.15, -0.1) is 0 Å². The van der Waals surface area contributed by atoms with Gasteiger partial charge in [-0.2, -0.15) is 0 Å². The molecule has 0 aromatic heterocycles. The number of para-hydroxylation sites is 1. The van der Waals surface area contributed by atoms with E-state index in [9.17, 15) is 4.57 Å². The second-order valence-corrected chi connectivity index (χ2v) is 8.81. The first-order chi connectivity index (χ1) is 13.3. The Morgan fingerprint density at radius 2 is 1.82 bits per heavy atom. The van der Waals surface area contributed by atoms with E-state index in [-0.39, 0.29) is 6.61 Å². The van der Waals surface area contributed by atoms with Gasteiger partial charge in [0, 0.05) is 5.54 Å². The van der Waals surface area contributed by atoms with Crippen molar-refractivity contribution in [1.29, 1.82) is 0 Å². The fourth-order valence-corrected chi connectivity index (χ4v) is 4.15. The van der Waals surface area contributed by atoms with Gasteiger partial charge in [-0.05, 0) is 61.3 Å². The van der Waals surface area contributed by atoms with Gasteiger partial charge in [0.15, 0.2) is 0 Å². The van der Waals surface area contributed by atoms with Crippen molar-refractivity contribution >= 4 is 7.82 Å². The van der Waals surface area contributed by atoms with Crippen LogP contribution in [0.5, 0.6) is 5.75 Å². The second-order valence-electron chi connectivity index (χ2n) is 7.57. The molecule has 2 aromatic carbocycles. The summed E-state index contributed by atoms with van der Waals surface area (Å²) in [5.41, 5.74) is 8.07. The van der Waals surface area contributed by atoms with Crippen LogP contribution in [0.4, 0.5) is 0 Å². The summed E-state index contributed by atoms with van der Waals surface area (Å²) in [6, 6.07) is 18.4. The minimum atomic E-state index is -4.48. The van der Waals surface area contributed by atoms with Gasteiger partial charge >= 0.3 is 7.82 Å². The lowest BCUT2D eigenvalue weighted by Gasteiger charge is -2.24. The fraction of sp³-hybridized carbons (Fsp3) is 0.429. The van der Waals surface area contributed by atoms with Crippen LogP contribution in [-0.2, 0) is 15.5 Å². The molecule has 3 rings (SSSR count). The minimum absolute atomic E-state index is 0.118. The zero-order chi connectivity index (χ0) is 20.0. The quantitative estimate of drug-likeness (QED) is 0.434. The summed E-state index contributed by atoms with van der Waals surface area (Å²) >= 11 is 0. The van der Waals surface area contributed by atoms with Crippen molar-refractivity contribution in [2.45, 2.75) is 43.6 Å². The zero-order valence-electron chi connectivity index (χ0n) is 15.9. The Balaban J connectivity index is 1.44. The molecule has 152 valence electrons. The minimum Gasteiger partial charge on any atom is -0.494 e. The third-order valence-corrected chi connectivity index (χ3v) is 5.70. The maximum Gasteiger partial charge on any atom is 0.469 e. The molecule has 1 aliphatic rings. The summed E-state index contributed by atoms with van der Waals surface area (Å²) in [4.78, 5) is 17.8. The normalized spacial score (nSPS) is 22.3. The summed E-state index contributed by atoms with van der Waals surface area (Å²) in [7, 11) is -4.48. The van der Waals surface area contributed by atoms with Gasteiger partial charge in [0.1, 0.15) is 5.75 Å². The number of rotatable bonds is 9. The van der Waals surface area contributed by atoms with E-state index in [1.807, 2.05) is 30.3 Å². The average Bonchev–Trinajstić information content (AvgIpc) is 3.07. The maximum atomic E-state index is 10.9. The molecular weight excluding hydrogens is 377 g/mol. The first-order valence-electron chi connectivity index (χ1n) is 9.59. The number of hydrogen-bond donors (Lipinski definition) is 3. The highest BCUT2D eigenvalue weighted by molar-refractivity contribution is 7.46. The number of ether oxygens (including phenoxy) is 1. The number of benzene rings is 2. The van der Waals surface area contributed by atoms with Crippen LogP contribution in [0.2, 0.25) is 0 Å². The van der Waals surface area contributed by atoms with Crippen LogP contribution in [-0.4, -0.2) is 28.5 Å². The molecule has 0 amide bonds. The third kappa shape index (κ3) is 6.43. The van der Waals surface area contributed by atoms with E-state index >= 15 is 0 Å². The van der Waals surface area contributed by atoms with Gasteiger partial charge in [0.2, 0.25) is 0 Å². The van der Waals surface area contributed by atoms with Crippen molar-refractivity contribution in [3.63, 3.8) is 0 Å². The Labute approximate surface area is 165 Å². The molecule has 0 spiro atoms. The first kappa shape index (κ1) is 21.0. The highest BCUT2D eigenvalue weighted by Crippen LogP contribution is 2.43. The van der Waals surface area contributed by atoms with Crippen LogP contribution in [0.15, 0.2) is 54.6 Å². The van der Waals surface area contributed by atoms with Gasteiger partial charge < -0.3 is 20.3 Å². The number of aryl methyl sites for hydroxylation is 1. The van der Waals surface area contributed by atoms with Crippen molar-refractivity contribution in [2.75, 3.05) is 13.2 Å². The molecule has 0 heterocycles. The van der Waals surface area contributed by atoms with Crippen LogP contribution >= 0.6 is 7.82 Å². The topological polar surface area (TPSA) is 102 Å². The van der Waals surface area contributed by atoms with Crippen LogP contribution in [0, 0.1) is 0 Å². The van der Waals surface area contributed by atoms with Crippen molar-refractivity contribution in [1.82, 2.24) is 0 Å². The van der Waals surface area contributed by atoms with Crippen molar-refractivity contribution < 1.29 is 23.6 Å². The van der Waals surface area contributed by atoms with Gasteiger partial charge in [0.05, 0.1) is 13.2 Å². The van der Waals surface area contributed by atoms with Crippen LogP contribution < -0.4 is 10.5 Å². The van der Waals surface area contributed by atoms with E-state index in [0.717, 1.165) is 25.0 Å². The maximum absolute atomic E-state index is 10.9. The van der Waals surface area contributed by atoms with E-state index in [2.05, 4.69) is 28.8 Å². The molecule has 1 aliphatic carbocycles. The summed E-state index contributed by atoms with van der Waals surface area (Å²) < 4.78 is 21.3. The lowest BCUT2D eigenvalue weighted by Crippen LogP contribution is -2.41. The number of phosphoric acid groups is 1. The second kappa shape index (κ2) is 9.21. The highest BCUT2D eigenvalue weighted by atomic mass is 31.2. The molecular formula is C21H28NO5P. The number of hydrogen-bond acceptors (Lipinski definition) is 4. The third-order valence-electron chi connectivity index (χ3n) is 5.24. The number of nitrogens with two attached hydrogens (primary N) is 1. The molecule has 1 fully saturated rings. The largest absolute Gasteiger partial charge is 0.494 e. The molecule has 0 saturated heterocycles. The molecule has 0 unspecified atom stereocenters.